The van der Waals surface area contributed by atoms with Gasteiger partial charge in [0.25, 0.3) is 20.2 Å². The summed E-state index contributed by atoms with van der Waals surface area (Å²) in [6.07, 6.45) is 8.03. The smallest absolute Gasteiger partial charge is 0.291 e. The highest BCUT2D eigenvalue weighted by atomic mass is 32.2. The average molecular weight is 374 g/mol. The van der Waals surface area contributed by atoms with Crippen molar-refractivity contribution in [3.05, 3.63) is 58.7 Å². The van der Waals surface area contributed by atoms with Crippen LogP contribution < -0.4 is 11.5 Å². The van der Waals surface area contributed by atoms with Gasteiger partial charge >= 0.3 is 0 Å². The van der Waals surface area contributed by atoms with Crippen LogP contribution in [0, 0.1) is 0 Å². The van der Waals surface area contributed by atoms with E-state index in [1.54, 1.807) is 0 Å². The Morgan fingerprint density at radius 2 is 1.08 bits per heavy atom. The fourth-order valence-electron chi connectivity index (χ4n) is 2.42. The first-order valence-electron chi connectivity index (χ1n) is 6.74. The maximum Gasteiger partial charge on any atom is 0.291 e. The van der Waals surface area contributed by atoms with Gasteiger partial charge in [-0.05, 0) is 48.3 Å². The topological polar surface area (TPSA) is 161 Å². The third kappa shape index (κ3) is 2.81. The highest BCUT2D eigenvalue weighted by molar-refractivity contribution is 7.87. The summed E-state index contributed by atoms with van der Waals surface area (Å²) in [7, 11) is -9.09. The SMILES string of the molecule is CC1=CC(=C2C=CC(N)(S(=O)(=O)O)C(C)=C2)C=CC1(N)S(=O)(=O)O. The molecule has 0 aliphatic heterocycles. The summed E-state index contributed by atoms with van der Waals surface area (Å²) in [5.41, 5.74) is 12.9. The molecule has 0 radical (unpaired) electrons. The maximum atomic E-state index is 11.4. The fourth-order valence-corrected chi connectivity index (χ4v) is 3.83. The van der Waals surface area contributed by atoms with Crippen LogP contribution in [0.15, 0.2) is 58.7 Å². The van der Waals surface area contributed by atoms with Gasteiger partial charge in [-0.3, -0.25) is 9.11 Å². The molecular weight excluding hydrogens is 356 g/mol. The van der Waals surface area contributed by atoms with E-state index in [9.17, 15) is 25.9 Å². The summed E-state index contributed by atoms with van der Waals surface area (Å²) in [6, 6.07) is 0. The third-order valence-corrected chi connectivity index (χ3v) is 6.81. The zero-order valence-electron chi connectivity index (χ0n) is 13.0. The Hall–Kier alpha value is -1.56. The van der Waals surface area contributed by atoms with Gasteiger partial charge in [0.1, 0.15) is 0 Å². The molecule has 2 rings (SSSR count). The van der Waals surface area contributed by atoms with Crippen LogP contribution in [0.2, 0.25) is 0 Å². The van der Waals surface area contributed by atoms with Gasteiger partial charge < -0.3 is 11.5 Å². The Bertz CT molecular complexity index is 875. The van der Waals surface area contributed by atoms with Crippen molar-refractivity contribution in [1.82, 2.24) is 0 Å². The van der Waals surface area contributed by atoms with Gasteiger partial charge in [0, 0.05) is 0 Å². The quantitative estimate of drug-likeness (QED) is 0.505. The first kappa shape index (κ1) is 18.8. The van der Waals surface area contributed by atoms with Crippen molar-refractivity contribution in [2.45, 2.75) is 23.6 Å². The molecule has 2 aliphatic carbocycles. The normalized spacial score (nSPS) is 34.1. The van der Waals surface area contributed by atoms with Crippen molar-refractivity contribution in [2.24, 2.45) is 11.5 Å². The van der Waals surface area contributed by atoms with Crippen LogP contribution in [-0.2, 0) is 20.2 Å². The van der Waals surface area contributed by atoms with Crippen molar-refractivity contribution in [3.8, 4) is 0 Å². The van der Waals surface area contributed by atoms with E-state index in [1.807, 2.05) is 0 Å². The lowest BCUT2D eigenvalue weighted by Crippen LogP contribution is -2.48. The lowest BCUT2D eigenvalue weighted by Gasteiger charge is -2.29. The standard InChI is InChI=1S/C14H18N2O6S2/c1-9-7-11(3-5-13(9,15)23(17,18)19)12-4-6-14(16,10(2)8-12)24(20,21)22/h3-8H,15-16H2,1-2H3,(H,17,18,19)(H,20,21,22). The van der Waals surface area contributed by atoms with E-state index >= 15 is 0 Å². The van der Waals surface area contributed by atoms with Crippen LogP contribution in [0.3, 0.4) is 0 Å². The molecule has 0 amide bonds. The second-order valence-corrected chi connectivity index (χ2v) is 9.02. The molecule has 0 aromatic carbocycles. The summed E-state index contributed by atoms with van der Waals surface area (Å²) in [4.78, 5) is -4.03. The van der Waals surface area contributed by atoms with E-state index in [-0.39, 0.29) is 11.1 Å². The molecule has 24 heavy (non-hydrogen) atoms. The Balaban J connectivity index is 2.53. The van der Waals surface area contributed by atoms with Crippen molar-refractivity contribution in [3.63, 3.8) is 0 Å². The van der Waals surface area contributed by atoms with Gasteiger partial charge in [0.15, 0.2) is 9.74 Å². The van der Waals surface area contributed by atoms with Gasteiger partial charge in [0.05, 0.1) is 0 Å². The molecule has 8 nitrogen and oxygen atoms in total. The number of nitrogens with two attached hydrogens (primary N) is 2. The summed E-state index contributed by atoms with van der Waals surface area (Å²) in [5, 5.41) is 0. The van der Waals surface area contributed by atoms with Crippen LogP contribution in [0.25, 0.3) is 0 Å². The molecule has 2 unspecified atom stereocenters. The highest BCUT2D eigenvalue weighted by Gasteiger charge is 2.41. The van der Waals surface area contributed by atoms with Crippen molar-refractivity contribution in [1.29, 1.82) is 0 Å². The van der Waals surface area contributed by atoms with Gasteiger partial charge in [-0.15, -0.1) is 0 Å². The summed E-state index contributed by atoms with van der Waals surface area (Å²) in [5.74, 6) is 0. The summed E-state index contributed by atoms with van der Waals surface area (Å²) < 4.78 is 64.3. The predicted octanol–water partition coefficient (Wildman–Crippen LogP) is 0.401. The Kier molecular flexibility index (Phi) is 4.28. The van der Waals surface area contributed by atoms with E-state index in [2.05, 4.69) is 0 Å². The van der Waals surface area contributed by atoms with Crippen LogP contribution in [0.4, 0.5) is 0 Å². The number of rotatable bonds is 2. The van der Waals surface area contributed by atoms with Crippen molar-refractivity contribution >= 4 is 20.2 Å². The average Bonchev–Trinajstić information content (AvgIpc) is 2.42. The van der Waals surface area contributed by atoms with E-state index < -0.39 is 30.0 Å². The van der Waals surface area contributed by atoms with Crippen LogP contribution >= 0.6 is 0 Å². The predicted molar refractivity (Wildman–Crippen MR) is 89.8 cm³/mol. The number of hydrogen-bond acceptors (Lipinski definition) is 6. The van der Waals surface area contributed by atoms with Crippen molar-refractivity contribution < 1.29 is 25.9 Å². The van der Waals surface area contributed by atoms with E-state index in [0.29, 0.717) is 11.1 Å². The molecule has 2 aliphatic rings. The monoisotopic (exact) mass is 374 g/mol. The minimum atomic E-state index is -4.54. The Morgan fingerprint density at radius 1 is 0.792 bits per heavy atom. The lowest BCUT2D eigenvalue weighted by molar-refractivity contribution is 0.457. The second-order valence-electron chi connectivity index (χ2n) is 5.77. The number of hydrogen-bond donors (Lipinski definition) is 4. The molecule has 6 N–H and O–H groups in total. The van der Waals surface area contributed by atoms with Gasteiger partial charge in [0.2, 0.25) is 0 Å². The van der Waals surface area contributed by atoms with E-state index in [4.69, 9.17) is 11.5 Å². The molecule has 0 spiro atoms. The molecule has 0 aromatic rings. The highest BCUT2D eigenvalue weighted by Crippen LogP contribution is 2.33. The van der Waals surface area contributed by atoms with E-state index in [0.717, 1.165) is 12.2 Å². The zero-order valence-corrected chi connectivity index (χ0v) is 14.6. The molecule has 0 heterocycles. The van der Waals surface area contributed by atoms with Gasteiger partial charge in [-0.2, -0.15) is 16.8 Å². The fraction of sp³-hybridized carbons (Fsp3) is 0.286. The zero-order chi connectivity index (χ0) is 18.6. The Morgan fingerprint density at radius 3 is 1.29 bits per heavy atom. The van der Waals surface area contributed by atoms with Crippen LogP contribution in [-0.4, -0.2) is 35.7 Å². The maximum absolute atomic E-state index is 11.4. The lowest BCUT2D eigenvalue weighted by atomic mass is 9.90. The third-order valence-electron chi connectivity index (χ3n) is 4.18. The summed E-state index contributed by atoms with van der Waals surface area (Å²) in [6.45, 7) is 2.90. The van der Waals surface area contributed by atoms with Crippen LogP contribution in [0.1, 0.15) is 13.8 Å². The molecule has 10 heteroatoms. The first-order chi connectivity index (χ1) is 10.7. The minimum Gasteiger partial charge on any atom is -0.304 e. The molecule has 132 valence electrons. The van der Waals surface area contributed by atoms with Crippen molar-refractivity contribution in [2.75, 3.05) is 0 Å². The molecule has 0 saturated carbocycles. The molecule has 0 saturated heterocycles. The largest absolute Gasteiger partial charge is 0.304 e. The molecule has 2 atom stereocenters. The molecule has 0 fully saturated rings. The first-order valence-corrected chi connectivity index (χ1v) is 9.62. The summed E-state index contributed by atoms with van der Waals surface area (Å²) >= 11 is 0. The molecule has 0 bridgehead atoms. The van der Waals surface area contributed by atoms with Crippen LogP contribution in [0.5, 0.6) is 0 Å². The Labute approximate surface area is 140 Å². The minimum absolute atomic E-state index is 0.189. The molecular formula is C14H18N2O6S2. The van der Waals surface area contributed by atoms with Gasteiger partial charge in [-0.1, -0.05) is 24.3 Å². The number of allylic oxidation sites excluding steroid dienone is 6. The molecule has 0 aromatic heterocycles. The van der Waals surface area contributed by atoms with E-state index in [1.165, 1.54) is 38.2 Å². The van der Waals surface area contributed by atoms with Gasteiger partial charge in [-0.25, -0.2) is 0 Å². The second kappa shape index (κ2) is 5.48.